The van der Waals surface area contributed by atoms with Crippen molar-refractivity contribution in [1.82, 2.24) is 0 Å². The molecule has 0 fully saturated rings. The summed E-state index contributed by atoms with van der Waals surface area (Å²) in [4.78, 5) is 12.0. The molecule has 0 atom stereocenters. The number of unbranched alkanes of at least 4 members (excludes halogenated alkanes) is 5. The maximum Gasteiger partial charge on any atom is 0.338 e. The lowest BCUT2D eigenvalue weighted by molar-refractivity contribution is 0.0498. The second-order valence-corrected chi connectivity index (χ2v) is 5.47. The van der Waals surface area contributed by atoms with Crippen LogP contribution in [0.2, 0.25) is 0 Å². The van der Waals surface area contributed by atoms with E-state index in [1.54, 1.807) is 0 Å². The van der Waals surface area contributed by atoms with Gasteiger partial charge < -0.3 is 4.74 Å². The van der Waals surface area contributed by atoms with Gasteiger partial charge in [0.15, 0.2) is 0 Å². The molecule has 0 aliphatic heterocycles. The lowest BCUT2D eigenvalue weighted by atomic mass is 10.1. The van der Waals surface area contributed by atoms with Crippen LogP contribution in [0.1, 0.15) is 55.8 Å². The molecule has 0 aliphatic carbocycles. The molecule has 2 heteroatoms. The minimum Gasteiger partial charge on any atom is -0.462 e. The van der Waals surface area contributed by atoms with Crippen LogP contribution in [0, 0.1) is 0 Å². The van der Waals surface area contributed by atoms with Crippen LogP contribution < -0.4 is 0 Å². The molecule has 2 rings (SSSR count). The molecular weight excluding hydrogens is 260 g/mol. The molecule has 0 heterocycles. The molecular formula is C19H24O2. The Bertz CT molecular complexity index is 575. The molecule has 2 aromatic carbocycles. The fourth-order valence-corrected chi connectivity index (χ4v) is 2.45. The van der Waals surface area contributed by atoms with Gasteiger partial charge in [-0.1, -0.05) is 69.4 Å². The van der Waals surface area contributed by atoms with Gasteiger partial charge in [0.25, 0.3) is 0 Å². The largest absolute Gasteiger partial charge is 0.462 e. The summed E-state index contributed by atoms with van der Waals surface area (Å²) in [5.74, 6) is -0.214. The number of rotatable bonds is 8. The van der Waals surface area contributed by atoms with Gasteiger partial charge in [-0.05, 0) is 29.3 Å². The lowest BCUT2D eigenvalue weighted by Crippen LogP contribution is -2.06. The van der Waals surface area contributed by atoms with E-state index >= 15 is 0 Å². The SMILES string of the molecule is CCCCCCCCOC(=O)c1ccc2ccccc2c1. The van der Waals surface area contributed by atoms with Gasteiger partial charge in [-0.15, -0.1) is 0 Å². The maximum atomic E-state index is 12.0. The van der Waals surface area contributed by atoms with E-state index in [0.29, 0.717) is 12.2 Å². The predicted octanol–water partition coefficient (Wildman–Crippen LogP) is 5.36. The second kappa shape index (κ2) is 8.46. The van der Waals surface area contributed by atoms with E-state index in [-0.39, 0.29) is 5.97 Å². The van der Waals surface area contributed by atoms with Crippen molar-refractivity contribution in [2.24, 2.45) is 0 Å². The van der Waals surface area contributed by atoms with Crippen LogP contribution in [-0.4, -0.2) is 12.6 Å². The normalized spacial score (nSPS) is 10.7. The Labute approximate surface area is 127 Å². The number of carbonyl (C=O) groups excluding carboxylic acids is 1. The molecule has 2 aromatic rings. The first-order valence-electron chi connectivity index (χ1n) is 7.97. The van der Waals surface area contributed by atoms with Crippen LogP contribution in [-0.2, 0) is 4.74 Å². The molecule has 21 heavy (non-hydrogen) atoms. The van der Waals surface area contributed by atoms with Crippen LogP contribution in [0.4, 0.5) is 0 Å². The Kier molecular flexibility index (Phi) is 6.26. The van der Waals surface area contributed by atoms with Crippen LogP contribution >= 0.6 is 0 Å². The third kappa shape index (κ3) is 4.89. The first-order chi connectivity index (χ1) is 10.3. The van der Waals surface area contributed by atoms with Crippen molar-refractivity contribution in [3.8, 4) is 0 Å². The minimum absolute atomic E-state index is 0.214. The molecule has 2 nitrogen and oxygen atoms in total. The first kappa shape index (κ1) is 15.6. The highest BCUT2D eigenvalue weighted by molar-refractivity contribution is 5.95. The maximum absolute atomic E-state index is 12.0. The summed E-state index contributed by atoms with van der Waals surface area (Å²) in [5, 5.41) is 2.22. The summed E-state index contributed by atoms with van der Waals surface area (Å²) >= 11 is 0. The number of hydrogen-bond acceptors (Lipinski definition) is 2. The van der Waals surface area contributed by atoms with E-state index in [0.717, 1.165) is 23.6 Å². The van der Waals surface area contributed by atoms with Crippen molar-refractivity contribution in [3.63, 3.8) is 0 Å². The summed E-state index contributed by atoms with van der Waals surface area (Å²) in [6.45, 7) is 2.74. The fraction of sp³-hybridized carbons (Fsp3) is 0.421. The summed E-state index contributed by atoms with van der Waals surface area (Å²) in [6, 6.07) is 13.7. The van der Waals surface area contributed by atoms with Crippen LogP contribution in [0.5, 0.6) is 0 Å². The van der Waals surface area contributed by atoms with Crippen molar-refractivity contribution in [2.75, 3.05) is 6.61 Å². The number of hydrogen-bond donors (Lipinski definition) is 0. The molecule has 112 valence electrons. The van der Waals surface area contributed by atoms with Crippen LogP contribution in [0.25, 0.3) is 10.8 Å². The average Bonchev–Trinajstić information content (AvgIpc) is 2.53. The Morgan fingerprint density at radius 1 is 0.905 bits per heavy atom. The lowest BCUT2D eigenvalue weighted by Gasteiger charge is -2.06. The van der Waals surface area contributed by atoms with E-state index in [1.807, 2.05) is 42.5 Å². The fourth-order valence-electron chi connectivity index (χ4n) is 2.45. The number of fused-ring (bicyclic) bond motifs is 1. The van der Waals surface area contributed by atoms with E-state index in [9.17, 15) is 4.79 Å². The van der Waals surface area contributed by atoms with Gasteiger partial charge in [0.1, 0.15) is 0 Å². The monoisotopic (exact) mass is 284 g/mol. The molecule has 0 aliphatic rings. The summed E-state index contributed by atoms with van der Waals surface area (Å²) in [7, 11) is 0. The molecule has 0 aromatic heterocycles. The zero-order valence-electron chi connectivity index (χ0n) is 12.8. The average molecular weight is 284 g/mol. The summed E-state index contributed by atoms with van der Waals surface area (Å²) < 4.78 is 5.34. The molecule has 0 amide bonds. The Balaban J connectivity index is 1.77. The smallest absolute Gasteiger partial charge is 0.338 e. The number of carbonyl (C=O) groups is 1. The molecule has 0 saturated carbocycles. The molecule has 0 radical (unpaired) electrons. The molecule has 0 N–H and O–H groups in total. The van der Waals surface area contributed by atoms with Gasteiger partial charge in [-0.3, -0.25) is 0 Å². The van der Waals surface area contributed by atoms with Crippen LogP contribution in [0.15, 0.2) is 42.5 Å². The van der Waals surface area contributed by atoms with Crippen molar-refractivity contribution in [2.45, 2.75) is 45.4 Å². The van der Waals surface area contributed by atoms with Gasteiger partial charge in [0.2, 0.25) is 0 Å². The van der Waals surface area contributed by atoms with Gasteiger partial charge in [-0.25, -0.2) is 4.79 Å². The highest BCUT2D eigenvalue weighted by Crippen LogP contribution is 2.16. The van der Waals surface area contributed by atoms with Crippen LogP contribution in [0.3, 0.4) is 0 Å². The van der Waals surface area contributed by atoms with Gasteiger partial charge >= 0.3 is 5.97 Å². The highest BCUT2D eigenvalue weighted by atomic mass is 16.5. The number of ether oxygens (including phenoxy) is 1. The summed E-state index contributed by atoms with van der Waals surface area (Å²) in [5.41, 5.74) is 0.639. The van der Waals surface area contributed by atoms with Gasteiger partial charge in [-0.2, -0.15) is 0 Å². The van der Waals surface area contributed by atoms with Crippen molar-refractivity contribution in [3.05, 3.63) is 48.0 Å². The Morgan fingerprint density at radius 2 is 1.62 bits per heavy atom. The number of esters is 1. The predicted molar refractivity (Wildman–Crippen MR) is 87.6 cm³/mol. The third-order valence-corrected chi connectivity index (χ3v) is 3.72. The zero-order chi connectivity index (χ0) is 14.9. The highest BCUT2D eigenvalue weighted by Gasteiger charge is 2.07. The van der Waals surface area contributed by atoms with Crippen molar-refractivity contribution >= 4 is 16.7 Å². The Hall–Kier alpha value is -1.83. The minimum atomic E-state index is -0.214. The van der Waals surface area contributed by atoms with Gasteiger partial charge in [0, 0.05) is 0 Å². The molecule has 0 saturated heterocycles. The topological polar surface area (TPSA) is 26.3 Å². The molecule has 0 unspecified atom stereocenters. The van der Waals surface area contributed by atoms with Crippen molar-refractivity contribution in [1.29, 1.82) is 0 Å². The molecule has 0 spiro atoms. The second-order valence-electron chi connectivity index (χ2n) is 5.47. The van der Waals surface area contributed by atoms with E-state index in [4.69, 9.17) is 4.74 Å². The summed E-state index contributed by atoms with van der Waals surface area (Å²) in [6.07, 6.45) is 7.19. The van der Waals surface area contributed by atoms with Gasteiger partial charge in [0.05, 0.1) is 12.2 Å². The standard InChI is InChI=1S/C19H24O2/c1-2-3-4-5-6-9-14-21-19(20)18-13-12-16-10-7-8-11-17(16)15-18/h7-8,10-13,15H,2-6,9,14H2,1H3. The third-order valence-electron chi connectivity index (χ3n) is 3.72. The quantitative estimate of drug-likeness (QED) is 0.482. The van der Waals surface area contributed by atoms with E-state index in [2.05, 4.69) is 6.92 Å². The zero-order valence-corrected chi connectivity index (χ0v) is 12.8. The van der Waals surface area contributed by atoms with Crippen molar-refractivity contribution < 1.29 is 9.53 Å². The first-order valence-corrected chi connectivity index (χ1v) is 7.97. The molecule has 0 bridgehead atoms. The van der Waals surface area contributed by atoms with E-state index in [1.165, 1.54) is 25.7 Å². The Morgan fingerprint density at radius 3 is 2.43 bits per heavy atom. The van der Waals surface area contributed by atoms with E-state index < -0.39 is 0 Å². The number of benzene rings is 2.